The van der Waals surface area contributed by atoms with Crippen LogP contribution in [0.5, 0.6) is 0 Å². The molecule has 2 saturated heterocycles. The molecule has 174 valence electrons. The van der Waals surface area contributed by atoms with Crippen LogP contribution in [0.25, 0.3) is 0 Å². The van der Waals surface area contributed by atoms with Gasteiger partial charge >= 0.3 is 5.97 Å². The molecule has 2 aromatic heterocycles. The van der Waals surface area contributed by atoms with E-state index in [4.69, 9.17) is 20.4 Å². The van der Waals surface area contributed by atoms with Crippen molar-refractivity contribution in [2.45, 2.75) is 25.6 Å². The molecule has 2 aliphatic heterocycles. The summed E-state index contributed by atoms with van der Waals surface area (Å²) in [6.07, 6.45) is 4.47. The highest BCUT2D eigenvalue weighted by Gasteiger charge is 2.21. The standard InChI is InChI=1S/C18H27N9O4S/c19-25-16-21-15(24-18-20-11-12(32-18)14(28)29)22-17(23-16)27-6-4-26(5-7-27)8-10-31-13-3-1-2-9-30-13/h11,13H,1-10,19H2,(H,28,29)(H2,20,21,22,23,24,25). The molecule has 0 aromatic carbocycles. The zero-order chi connectivity index (χ0) is 22.3. The molecule has 0 radical (unpaired) electrons. The second-order valence-electron chi connectivity index (χ2n) is 7.38. The molecule has 0 amide bonds. The van der Waals surface area contributed by atoms with E-state index in [0.717, 1.165) is 69.9 Å². The van der Waals surface area contributed by atoms with Gasteiger partial charge in [0, 0.05) is 39.3 Å². The number of carbonyl (C=O) groups is 1. The van der Waals surface area contributed by atoms with Crippen LogP contribution >= 0.6 is 11.3 Å². The molecule has 2 aromatic rings. The predicted octanol–water partition coefficient (Wildman–Crippen LogP) is 0.721. The Morgan fingerprint density at radius 2 is 2.06 bits per heavy atom. The maximum atomic E-state index is 11.1. The normalized spacial score (nSPS) is 19.7. The summed E-state index contributed by atoms with van der Waals surface area (Å²) in [5, 5.41) is 12.3. The van der Waals surface area contributed by atoms with Gasteiger partial charge in [-0.2, -0.15) is 15.0 Å². The lowest BCUT2D eigenvalue weighted by Gasteiger charge is -2.35. The Hall–Kier alpha value is -2.65. The number of aromatic nitrogens is 4. The number of aromatic carboxylic acids is 1. The van der Waals surface area contributed by atoms with Crippen LogP contribution in [-0.4, -0.2) is 88.1 Å². The number of carboxylic acids is 1. The molecular formula is C18H27N9O4S. The molecule has 13 nitrogen and oxygen atoms in total. The molecular weight excluding hydrogens is 438 g/mol. The minimum Gasteiger partial charge on any atom is -0.477 e. The van der Waals surface area contributed by atoms with Crippen LogP contribution in [0.15, 0.2) is 6.20 Å². The maximum absolute atomic E-state index is 11.1. The third kappa shape index (κ3) is 5.98. The number of hydrogen-bond acceptors (Lipinski definition) is 13. The first kappa shape index (κ1) is 22.5. The van der Waals surface area contributed by atoms with Crippen LogP contribution in [0.1, 0.15) is 28.9 Å². The minimum absolute atomic E-state index is 0.0622. The number of hydrazine groups is 1. The summed E-state index contributed by atoms with van der Waals surface area (Å²) in [4.78, 5) is 32.6. The maximum Gasteiger partial charge on any atom is 0.347 e. The number of ether oxygens (including phenoxy) is 2. The van der Waals surface area contributed by atoms with Gasteiger partial charge in [0.05, 0.1) is 12.8 Å². The molecule has 1 unspecified atom stereocenters. The van der Waals surface area contributed by atoms with Crippen molar-refractivity contribution in [2.24, 2.45) is 5.84 Å². The number of nitrogens with zero attached hydrogens (tertiary/aromatic N) is 6. The van der Waals surface area contributed by atoms with E-state index in [-0.39, 0.29) is 23.1 Å². The van der Waals surface area contributed by atoms with Crippen molar-refractivity contribution in [1.29, 1.82) is 0 Å². The first-order chi connectivity index (χ1) is 15.6. The molecule has 32 heavy (non-hydrogen) atoms. The third-order valence-electron chi connectivity index (χ3n) is 5.19. The molecule has 0 spiro atoms. The van der Waals surface area contributed by atoms with E-state index in [1.807, 2.05) is 0 Å². The fourth-order valence-electron chi connectivity index (χ4n) is 3.48. The summed E-state index contributed by atoms with van der Waals surface area (Å²) < 4.78 is 11.4. The largest absolute Gasteiger partial charge is 0.477 e. The number of anilines is 4. The zero-order valence-corrected chi connectivity index (χ0v) is 18.4. The van der Waals surface area contributed by atoms with Crippen molar-refractivity contribution < 1.29 is 19.4 Å². The van der Waals surface area contributed by atoms with Gasteiger partial charge in [0.15, 0.2) is 11.4 Å². The van der Waals surface area contributed by atoms with E-state index < -0.39 is 5.97 Å². The minimum atomic E-state index is -1.04. The molecule has 0 aliphatic carbocycles. The van der Waals surface area contributed by atoms with Gasteiger partial charge in [-0.05, 0) is 19.3 Å². The Balaban J connectivity index is 1.31. The van der Waals surface area contributed by atoms with Gasteiger partial charge in [0.2, 0.25) is 17.8 Å². The molecule has 1 atom stereocenters. The number of nitrogens with one attached hydrogen (secondary N) is 2. The Bertz CT molecular complexity index is 900. The number of carboxylic acid groups (broad SMARTS) is 1. The van der Waals surface area contributed by atoms with Gasteiger partial charge < -0.3 is 19.5 Å². The zero-order valence-electron chi connectivity index (χ0n) is 17.6. The van der Waals surface area contributed by atoms with Crippen LogP contribution in [0.4, 0.5) is 23.0 Å². The SMILES string of the molecule is NNc1nc(Nc2ncc(C(=O)O)s2)nc(N2CCN(CCOC3CCCCO3)CC2)n1. The van der Waals surface area contributed by atoms with Crippen molar-refractivity contribution in [3.63, 3.8) is 0 Å². The van der Waals surface area contributed by atoms with E-state index in [9.17, 15) is 4.79 Å². The van der Waals surface area contributed by atoms with Crippen LogP contribution in [-0.2, 0) is 9.47 Å². The Morgan fingerprint density at radius 3 is 2.75 bits per heavy atom. The van der Waals surface area contributed by atoms with E-state index in [0.29, 0.717) is 17.7 Å². The lowest BCUT2D eigenvalue weighted by molar-refractivity contribution is -0.164. The number of nitrogen functional groups attached to an aromatic ring is 1. The van der Waals surface area contributed by atoms with Crippen LogP contribution in [0.3, 0.4) is 0 Å². The molecule has 0 saturated carbocycles. The first-order valence-electron chi connectivity index (χ1n) is 10.5. The third-order valence-corrected chi connectivity index (χ3v) is 6.09. The molecule has 5 N–H and O–H groups in total. The lowest BCUT2D eigenvalue weighted by Crippen LogP contribution is -2.48. The van der Waals surface area contributed by atoms with Gasteiger partial charge in [0.1, 0.15) is 4.88 Å². The van der Waals surface area contributed by atoms with Crippen molar-refractivity contribution in [3.05, 3.63) is 11.1 Å². The average Bonchev–Trinajstić information content (AvgIpc) is 3.29. The Labute approximate surface area is 188 Å². The molecule has 4 rings (SSSR count). The second-order valence-corrected chi connectivity index (χ2v) is 8.41. The summed E-state index contributed by atoms with van der Waals surface area (Å²) in [5.74, 6) is 5.41. The number of rotatable bonds is 9. The topological polar surface area (TPSA) is 164 Å². The van der Waals surface area contributed by atoms with Crippen LogP contribution in [0.2, 0.25) is 0 Å². The highest BCUT2D eigenvalue weighted by Crippen LogP contribution is 2.23. The lowest BCUT2D eigenvalue weighted by atomic mass is 10.2. The van der Waals surface area contributed by atoms with Gasteiger partial charge in [-0.15, -0.1) is 0 Å². The number of thiazole rings is 1. The fraction of sp³-hybridized carbons (Fsp3) is 0.611. The molecule has 4 heterocycles. The molecule has 2 aliphatic rings. The van der Waals surface area contributed by atoms with Gasteiger partial charge in [-0.1, -0.05) is 11.3 Å². The number of nitrogens with two attached hydrogens (primary N) is 1. The monoisotopic (exact) mass is 465 g/mol. The molecule has 0 bridgehead atoms. The Morgan fingerprint density at radius 1 is 1.25 bits per heavy atom. The fourth-order valence-corrected chi connectivity index (χ4v) is 4.13. The highest BCUT2D eigenvalue weighted by atomic mass is 32.1. The second kappa shape index (κ2) is 10.8. The first-order valence-corrected chi connectivity index (χ1v) is 11.3. The van der Waals surface area contributed by atoms with Crippen molar-refractivity contribution in [3.8, 4) is 0 Å². The van der Waals surface area contributed by atoms with Gasteiger partial charge in [-0.3, -0.25) is 15.6 Å². The summed E-state index contributed by atoms with van der Waals surface area (Å²) in [7, 11) is 0. The van der Waals surface area contributed by atoms with E-state index >= 15 is 0 Å². The number of piperazine rings is 1. The van der Waals surface area contributed by atoms with Crippen molar-refractivity contribution in [1.82, 2.24) is 24.8 Å². The quantitative estimate of drug-likeness (QED) is 0.303. The van der Waals surface area contributed by atoms with Crippen LogP contribution in [0, 0.1) is 0 Å². The summed E-state index contributed by atoms with van der Waals surface area (Å²) in [6.45, 7) is 5.48. The van der Waals surface area contributed by atoms with Crippen LogP contribution < -0.4 is 21.5 Å². The molecule has 14 heteroatoms. The van der Waals surface area contributed by atoms with Gasteiger partial charge in [0.25, 0.3) is 0 Å². The highest BCUT2D eigenvalue weighted by molar-refractivity contribution is 7.17. The Kier molecular flexibility index (Phi) is 7.59. The van der Waals surface area contributed by atoms with E-state index in [1.165, 1.54) is 6.20 Å². The summed E-state index contributed by atoms with van der Waals surface area (Å²) in [6, 6.07) is 0. The molecule has 2 fully saturated rings. The van der Waals surface area contributed by atoms with E-state index in [2.05, 4.69) is 40.5 Å². The smallest absolute Gasteiger partial charge is 0.347 e. The van der Waals surface area contributed by atoms with E-state index in [1.54, 1.807) is 0 Å². The summed E-state index contributed by atoms with van der Waals surface area (Å²) in [5.41, 5.74) is 2.45. The summed E-state index contributed by atoms with van der Waals surface area (Å²) >= 11 is 0.994. The predicted molar refractivity (Wildman–Crippen MR) is 118 cm³/mol. The van der Waals surface area contributed by atoms with Crippen molar-refractivity contribution >= 4 is 40.3 Å². The van der Waals surface area contributed by atoms with Gasteiger partial charge in [-0.25, -0.2) is 15.6 Å². The number of hydrogen-bond donors (Lipinski definition) is 4. The van der Waals surface area contributed by atoms with Crippen molar-refractivity contribution in [2.75, 3.05) is 61.6 Å². The average molecular weight is 466 g/mol.